The molecule has 188 valence electrons. The molecule has 0 fully saturated rings. The van der Waals surface area contributed by atoms with Gasteiger partial charge >= 0.3 is 23.7 Å². The highest BCUT2D eigenvalue weighted by atomic mass is 16.6. The van der Waals surface area contributed by atoms with Crippen LogP contribution >= 0.6 is 0 Å². The summed E-state index contributed by atoms with van der Waals surface area (Å²) in [7, 11) is 0. The van der Waals surface area contributed by atoms with E-state index >= 15 is 0 Å². The molecule has 0 aliphatic carbocycles. The number of carbonyl (C=O) groups is 3. The van der Waals surface area contributed by atoms with Gasteiger partial charge in [-0.25, -0.2) is 0 Å². The van der Waals surface area contributed by atoms with Crippen LogP contribution in [0.15, 0.2) is 37.9 Å². The molecule has 0 aliphatic rings. The number of benzene rings is 2. The van der Waals surface area contributed by atoms with Gasteiger partial charge in [0, 0.05) is 43.9 Å². The van der Waals surface area contributed by atoms with Crippen molar-refractivity contribution in [3.8, 4) is 17.2 Å². The van der Waals surface area contributed by atoms with E-state index in [1.165, 1.54) is 39.0 Å². The van der Waals surface area contributed by atoms with Gasteiger partial charge in [-0.3, -0.25) is 19.2 Å². The van der Waals surface area contributed by atoms with Crippen molar-refractivity contribution in [2.75, 3.05) is 0 Å². The highest BCUT2D eigenvalue weighted by molar-refractivity contribution is 6.08. The molecule has 10 nitrogen and oxygen atoms in total. The second kappa shape index (κ2) is 9.12. The van der Waals surface area contributed by atoms with Gasteiger partial charge in [-0.05, 0) is 38.8 Å². The molecular weight excluding hydrogens is 472 g/mol. The fourth-order valence-electron chi connectivity index (χ4n) is 3.91. The van der Waals surface area contributed by atoms with Gasteiger partial charge in [-0.1, -0.05) is 0 Å². The molecule has 0 aliphatic heterocycles. The number of furan rings is 1. The Bertz CT molecular complexity index is 1600. The summed E-state index contributed by atoms with van der Waals surface area (Å²) in [6, 6.07) is 5.86. The second-order valence-electron chi connectivity index (χ2n) is 9.00. The largest absolute Gasteiger partial charge is 0.427 e. The van der Waals surface area contributed by atoms with E-state index in [-0.39, 0.29) is 63.4 Å². The van der Waals surface area contributed by atoms with E-state index in [0.29, 0.717) is 5.39 Å². The molecule has 0 spiro atoms. The predicted molar refractivity (Wildman–Crippen MR) is 128 cm³/mol. The van der Waals surface area contributed by atoms with Crippen LogP contribution in [0.3, 0.4) is 0 Å². The van der Waals surface area contributed by atoms with Gasteiger partial charge in [0.1, 0.15) is 33.4 Å². The number of rotatable bonds is 6. The molecule has 4 rings (SSSR count). The van der Waals surface area contributed by atoms with Crippen LogP contribution in [-0.4, -0.2) is 28.6 Å². The van der Waals surface area contributed by atoms with Crippen LogP contribution in [0.5, 0.6) is 17.2 Å². The first-order valence-corrected chi connectivity index (χ1v) is 11.1. The molecule has 0 radical (unpaired) electrons. The first kappa shape index (κ1) is 24.9. The summed E-state index contributed by atoms with van der Waals surface area (Å²) in [5.74, 6) is -1.87. The minimum atomic E-state index is -1.09. The maximum atomic E-state index is 13.8. The van der Waals surface area contributed by atoms with Crippen LogP contribution in [0.2, 0.25) is 0 Å². The Morgan fingerprint density at radius 1 is 0.889 bits per heavy atom. The van der Waals surface area contributed by atoms with Gasteiger partial charge < -0.3 is 28.2 Å². The van der Waals surface area contributed by atoms with Gasteiger partial charge in [0.25, 0.3) is 0 Å². The third-order valence-electron chi connectivity index (χ3n) is 5.34. The van der Waals surface area contributed by atoms with Gasteiger partial charge in [-0.2, -0.15) is 0 Å². The lowest BCUT2D eigenvalue weighted by molar-refractivity contribution is -0.133. The topological polar surface area (TPSA) is 142 Å². The van der Waals surface area contributed by atoms with Gasteiger partial charge in [0.15, 0.2) is 5.75 Å². The summed E-state index contributed by atoms with van der Waals surface area (Å²) in [4.78, 5) is 48.9. The zero-order valence-corrected chi connectivity index (χ0v) is 20.3. The summed E-state index contributed by atoms with van der Waals surface area (Å²) in [6.45, 7) is 6.84. The van der Waals surface area contributed by atoms with Gasteiger partial charge in [0.05, 0.1) is 5.60 Å². The van der Waals surface area contributed by atoms with Crippen LogP contribution in [-0.2, 0) is 20.8 Å². The molecule has 0 saturated carbocycles. The van der Waals surface area contributed by atoms with Crippen LogP contribution in [0.4, 0.5) is 0 Å². The second-order valence-corrected chi connectivity index (χ2v) is 9.00. The average molecular weight is 496 g/mol. The van der Waals surface area contributed by atoms with Crippen LogP contribution in [0, 0.1) is 0 Å². The monoisotopic (exact) mass is 496 g/mol. The van der Waals surface area contributed by atoms with E-state index in [2.05, 4.69) is 0 Å². The SMILES string of the molecule is CC(=O)Oc1ccc2c(c1)oc1oc3cc(OC(C)=O)c(CCC(C)(C)O)c(OC(C)=O)c3c(=O)c12. The number of ether oxygens (including phenoxy) is 3. The Hall–Kier alpha value is -4.18. The lowest BCUT2D eigenvalue weighted by Gasteiger charge is -2.20. The van der Waals surface area contributed by atoms with Crippen molar-refractivity contribution in [2.24, 2.45) is 0 Å². The summed E-state index contributed by atoms with van der Waals surface area (Å²) in [6.07, 6.45) is 0.336. The Morgan fingerprint density at radius 2 is 1.53 bits per heavy atom. The Balaban J connectivity index is 2.07. The van der Waals surface area contributed by atoms with Crippen molar-refractivity contribution >= 4 is 51.0 Å². The van der Waals surface area contributed by atoms with Gasteiger partial charge in [-0.15, -0.1) is 0 Å². The van der Waals surface area contributed by atoms with Gasteiger partial charge in [0.2, 0.25) is 5.43 Å². The zero-order chi connectivity index (χ0) is 26.4. The molecular formula is C26H24O10. The molecule has 4 aromatic rings. The van der Waals surface area contributed by atoms with Crippen LogP contribution < -0.4 is 19.6 Å². The van der Waals surface area contributed by atoms with E-state index < -0.39 is 28.9 Å². The molecule has 0 amide bonds. The molecule has 0 saturated heterocycles. The highest BCUT2D eigenvalue weighted by Gasteiger charge is 2.27. The Kier molecular flexibility index (Phi) is 6.32. The van der Waals surface area contributed by atoms with E-state index in [0.717, 1.165) is 0 Å². The fraction of sp³-hybridized carbons (Fsp3) is 0.308. The first-order valence-electron chi connectivity index (χ1n) is 11.1. The third kappa shape index (κ3) is 4.94. The summed E-state index contributed by atoms with van der Waals surface area (Å²) in [5.41, 5.74) is -1.18. The summed E-state index contributed by atoms with van der Waals surface area (Å²) >= 11 is 0. The maximum absolute atomic E-state index is 13.8. The molecule has 0 atom stereocenters. The number of hydrogen-bond donors (Lipinski definition) is 1. The molecule has 0 bridgehead atoms. The maximum Gasteiger partial charge on any atom is 0.308 e. The van der Waals surface area contributed by atoms with Crippen molar-refractivity contribution in [1.82, 2.24) is 0 Å². The summed E-state index contributed by atoms with van der Waals surface area (Å²) < 4.78 is 27.5. The quantitative estimate of drug-likeness (QED) is 0.305. The lowest BCUT2D eigenvalue weighted by Crippen LogP contribution is -2.20. The van der Waals surface area contributed by atoms with Crippen molar-refractivity contribution in [1.29, 1.82) is 0 Å². The normalized spacial score (nSPS) is 11.7. The Labute approximate surface area is 204 Å². The average Bonchev–Trinajstić information content (AvgIpc) is 3.08. The molecule has 2 aromatic heterocycles. The fourth-order valence-corrected chi connectivity index (χ4v) is 3.91. The lowest BCUT2D eigenvalue weighted by atomic mass is 9.96. The minimum absolute atomic E-state index is 0.0197. The van der Waals surface area contributed by atoms with Crippen LogP contribution in [0.25, 0.3) is 33.1 Å². The number of carbonyl (C=O) groups excluding carboxylic acids is 3. The van der Waals surface area contributed by atoms with E-state index in [1.54, 1.807) is 19.9 Å². The van der Waals surface area contributed by atoms with E-state index in [1.807, 2.05) is 0 Å². The molecule has 1 N–H and O–H groups in total. The number of esters is 3. The summed E-state index contributed by atoms with van der Waals surface area (Å²) in [5, 5.41) is 10.7. The van der Waals surface area contributed by atoms with Crippen molar-refractivity contribution in [2.45, 2.75) is 53.1 Å². The molecule has 10 heteroatoms. The number of hydrogen-bond acceptors (Lipinski definition) is 10. The molecule has 0 unspecified atom stereocenters. The van der Waals surface area contributed by atoms with Crippen LogP contribution in [0.1, 0.15) is 46.6 Å². The minimum Gasteiger partial charge on any atom is -0.427 e. The molecule has 2 heterocycles. The van der Waals surface area contributed by atoms with E-state index in [9.17, 15) is 24.3 Å². The smallest absolute Gasteiger partial charge is 0.308 e. The first-order chi connectivity index (χ1) is 16.8. The molecule has 2 aromatic carbocycles. The van der Waals surface area contributed by atoms with Crippen molar-refractivity contribution < 1.29 is 42.5 Å². The number of fused-ring (bicyclic) bond motifs is 4. The van der Waals surface area contributed by atoms with E-state index in [4.69, 9.17) is 23.0 Å². The zero-order valence-electron chi connectivity index (χ0n) is 20.3. The predicted octanol–water partition coefficient (Wildman–Crippen LogP) is 4.17. The highest BCUT2D eigenvalue weighted by Crippen LogP contribution is 2.40. The Morgan fingerprint density at radius 3 is 2.14 bits per heavy atom. The number of aliphatic hydroxyl groups is 1. The van der Waals surface area contributed by atoms with Crippen molar-refractivity contribution in [3.63, 3.8) is 0 Å². The van der Waals surface area contributed by atoms with Crippen molar-refractivity contribution in [3.05, 3.63) is 40.1 Å². The third-order valence-corrected chi connectivity index (χ3v) is 5.34. The standard InChI is InChI=1S/C26H24O10/c1-12(27)32-15-6-7-16-18(10-15)35-25-21(16)23(30)22-20(36-25)11-19(33-13(2)28)17(8-9-26(4,5)31)24(22)34-14(3)29/h6-7,10-11,31H,8-9H2,1-5H3. The molecule has 36 heavy (non-hydrogen) atoms.